The number of hydrogen-bond donors (Lipinski definition) is 1. The minimum absolute atomic E-state index is 0.00705. The van der Waals surface area contributed by atoms with Crippen molar-refractivity contribution in [2.45, 2.75) is 31.1 Å². The Labute approximate surface area is 125 Å². The van der Waals surface area contributed by atoms with Crippen molar-refractivity contribution in [1.82, 2.24) is 9.29 Å². The van der Waals surface area contributed by atoms with Crippen LogP contribution >= 0.6 is 12.2 Å². The van der Waals surface area contributed by atoms with E-state index in [1.54, 1.807) is 6.07 Å². The van der Waals surface area contributed by atoms with Gasteiger partial charge in [-0.3, -0.25) is 4.98 Å². The molecule has 5 nitrogen and oxygen atoms in total. The Morgan fingerprint density at radius 1 is 1.50 bits per heavy atom. The van der Waals surface area contributed by atoms with Crippen LogP contribution in [0.1, 0.15) is 31.9 Å². The third-order valence-corrected chi connectivity index (χ3v) is 5.90. The van der Waals surface area contributed by atoms with Crippen molar-refractivity contribution in [2.75, 3.05) is 13.1 Å². The van der Waals surface area contributed by atoms with Crippen LogP contribution in [-0.4, -0.2) is 35.8 Å². The van der Waals surface area contributed by atoms with Gasteiger partial charge in [0.2, 0.25) is 10.0 Å². The van der Waals surface area contributed by atoms with Crippen molar-refractivity contribution >= 4 is 27.2 Å². The highest BCUT2D eigenvalue weighted by Gasteiger charge is 2.31. The molecule has 1 fully saturated rings. The highest BCUT2D eigenvalue weighted by atomic mass is 32.2. The molecule has 0 atom stereocenters. The Balaban J connectivity index is 2.30. The van der Waals surface area contributed by atoms with Crippen LogP contribution in [0.25, 0.3) is 0 Å². The lowest BCUT2D eigenvalue weighted by Gasteiger charge is -2.30. The number of aromatic nitrogens is 1. The summed E-state index contributed by atoms with van der Waals surface area (Å²) >= 11 is 4.89. The van der Waals surface area contributed by atoms with Gasteiger partial charge in [0, 0.05) is 19.3 Å². The normalized spacial score (nSPS) is 18.1. The zero-order chi connectivity index (χ0) is 14.8. The summed E-state index contributed by atoms with van der Waals surface area (Å²) in [5.74, 6) is 0.616. The van der Waals surface area contributed by atoms with Crippen LogP contribution in [0, 0.1) is 5.92 Å². The maximum atomic E-state index is 12.7. The lowest BCUT2D eigenvalue weighted by atomic mass is 9.96. The van der Waals surface area contributed by atoms with E-state index in [0.717, 1.165) is 19.3 Å². The van der Waals surface area contributed by atoms with E-state index in [0.29, 0.717) is 19.0 Å². The SMILES string of the molecule is CCC1CCN(S(=O)(=O)c2cccnc2C(N)=S)CC1. The van der Waals surface area contributed by atoms with Crippen molar-refractivity contribution in [2.24, 2.45) is 11.7 Å². The summed E-state index contributed by atoms with van der Waals surface area (Å²) < 4.78 is 26.9. The molecule has 1 aromatic rings. The first-order chi connectivity index (χ1) is 9.46. The number of hydrogen-bond acceptors (Lipinski definition) is 4. The molecule has 0 aromatic carbocycles. The standard InChI is InChI=1S/C13H19N3O2S2/c1-2-10-5-8-16(9-6-10)20(17,18)11-4-3-7-15-12(11)13(14)19/h3-4,7,10H,2,5-6,8-9H2,1H3,(H2,14,19). The van der Waals surface area contributed by atoms with E-state index in [-0.39, 0.29) is 15.6 Å². The largest absolute Gasteiger partial charge is 0.388 e. The summed E-state index contributed by atoms with van der Waals surface area (Å²) in [6.45, 7) is 3.24. The van der Waals surface area contributed by atoms with Crippen LogP contribution in [0.15, 0.2) is 23.2 Å². The van der Waals surface area contributed by atoms with Gasteiger partial charge in [-0.15, -0.1) is 0 Å². The van der Waals surface area contributed by atoms with E-state index in [1.807, 2.05) is 0 Å². The summed E-state index contributed by atoms with van der Waals surface area (Å²) in [5, 5.41) is 0. The fraction of sp³-hybridized carbons (Fsp3) is 0.538. The van der Waals surface area contributed by atoms with Crippen molar-refractivity contribution in [3.05, 3.63) is 24.0 Å². The first kappa shape index (κ1) is 15.3. The summed E-state index contributed by atoms with van der Waals surface area (Å²) in [6.07, 6.45) is 4.40. The van der Waals surface area contributed by atoms with E-state index in [2.05, 4.69) is 11.9 Å². The molecule has 0 bridgehead atoms. The van der Waals surface area contributed by atoms with Crippen LogP contribution in [0.5, 0.6) is 0 Å². The van der Waals surface area contributed by atoms with Gasteiger partial charge in [-0.2, -0.15) is 4.31 Å². The highest BCUT2D eigenvalue weighted by molar-refractivity contribution is 7.89. The van der Waals surface area contributed by atoms with E-state index < -0.39 is 10.0 Å². The smallest absolute Gasteiger partial charge is 0.245 e. The zero-order valence-electron chi connectivity index (χ0n) is 11.4. The first-order valence-corrected chi connectivity index (χ1v) is 8.56. The quantitative estimate of drug-likeness (QED) is 0.853. The predicted octanol–water partition coefficient (Wildman–Crippen LogP) is 1.53. The average Bonchev–Trinajstić information content (AvgIpc) is 2.47. The summed E-state index contributed by atoms with van der Waals surface area (Å²) in [5.41, 5.74) is 5.75. The molecule has 0 amide bonds. The molecule has 7 heteroatoms. The van der Waals surface area contributed by atoms with E-state index in [9.17, 15) is 8.42 Å². The number of nitrogens with zero attached hydrogens (tertiary/aromatic N) is 2. The first-order valence-electron chi connectivity index (χ1n) is 6.71. The highest BCUT2D eigenvalue weighted by Crippen LogP contribution is 2.26. The van der Waals surface area contributed by atoms with Gasteiger partial charge in [-0.25, -0.2) is 8.42 Å². The minimum atomic E-state index is -3.57. The maximum absolute atomic E-state index is 12.7. The Morgan fingerprint density at radius 3 is 2.70 bits per heavy atom. The van der Waals surface area contributed by atoms with Crippen molar-refractivity contribution in [3.63, 3.8) is 0 Å². The van der Waals surface area contributed by atoms with E-state index >= 15 is 0 Å². The zero-order valence-corrected chi connectivity index (χ0v) is 13.1. The number of rotatable bonds is 4. The van der Waals surface area contributed by atoms with Gasteiger partial charge in [0.05, 0.1) is 0 Å². The lowest BCUT2D eigenvalue weighted by Crippen LogP contribution is -2.39. The number of sulfonamides is 1. The van der Waals surface area contributed by atoms with Crippen LogP contribution in [0.3, 0.4) is 0 Å². The minimum Gasteiger partial charge on any atom is -0.388 e. The average molecular weight is 313 g/mol. The molecule has 0 spiro atoms. The van der Waals surface area contributed by atoms with E-state index in [4.69, 9.17) is 18.0 Å². The maximum Gasteiger partial charge on any atom is 0.245 e. The van der Waals surface area contributed by atoms with Crippen molar-refractivity contribution in [1.29, 1.82) is 0 Å². The number of thiocarbonyl (C=S) groups is 1. The molecule has 2 rings (SSSR count). The molecule has 110 valence electrons. The molecule has 20 heavy (non-hydrogen) atoms. The Bertz CT molecular complexity index is 593. The monoisotopic (exact) mass is 313 g/mol. The third kappa shape index (κ3) is 2.99. The van der Waals surface area contributed by atoms with Gasteiger partial charge >= 0.3 is 0 Å². The fourth-order valence-corrected chi connectivity index (χ4v) is 4.34. The molecule has 1 saturated heterocycles. The second-order valence-corrected chi connectivity index (χ2v) is 7.32. The van der Waals surface area contributed by atoms with Crippen LogP contribution in [-0.2, 0) is 10.0 Å². The van der Waals surface area contributed by atoms with Gasteiger partial charge in [-0.1, -0.05) is 25.6 Å². The van der Waals surface area contributed by atoms with Gasteiger partial charge in [0.15, 0.2) is 0 Å². The van der Waals surface area contributed by atoms with Crippen molar-refractivity contribution in [3.8, 4) is 0 Å². The molecular formula is C13H19N3O2S2. The van der Waals surface area contributed by atoms with Crippen LogP contribution in [0.4, 0.5) is 0 Å². The summed E-state index contributed by atoms with van der Waals surface area (Å²) in [7, 11) is -3.57. The van der Waals surface area contributed by atoms with Crippen molar-refractivity contribution < 1.29 is 8.42 Å². The summed E-state index contributed by atoms with van der Waals surface area (Å²) in [6, 6.07) is 3.11. The molecule has 0 radical (unpaired) electrons. The van der Waals surface area contributed by atoms with Gasteiger partial charge in [-0.05, 0) is 30.9 Å². The van der Waals surface area contributed by atoms with Gasteiger partial charge < -0.3 is 5.73 Å². The van der Waals surface area contributed by atoms with Crippen LogP contribution in [0.2, 0.25) is 0 Å². The Morgan fingerprint density at radius 2 is 2.15 bits per heavy atom. The number of nitrogens with two attached hydrogens (primary N) is 1. The summed E-state index contributed by atoms with van der Waals surface area (Å²) in [4.78, 5) is 4.12. The molecule has 0 saturated carbocycles. The van der Waals surface area contributed by atoms with Gasteiger partial charge in [0.25, 0.3) is 0 Å². The molecule has 1 aliphatic rings. The topological polar surface area (TPSA) is 76.3 Å². The lowest BCUT2D eigenvalue weighted by molar-refractivity contribution is 0.269. The van der Waals surface area contributed by atoms with Gasteiger partial charge in [0.1, 0.15) is 15.6 Å². The molecule has 0 unspecified atom stereocenters. The molecule has 0 aliphatic carbocycles. The number of piperidine rings is 1. The molecule has 1 aliphatic heterocycles. The molecule has 1 aromatic heterocycles. The Kier molecular flexibility index (Phi) is 4.72. The molecule has 2 N–H and O–H groups in total. The second kappa shape index (κ2) is 6.15. The Hall–Kier alpha value is -1.05. The molecule has 2 heterocycles. The second-order valence-electron chi connectivity index (χ2n) is 4.97. The third-order valence-electron chi connectivity index (χ3n) is 3.77. The fourth-order valence-electron chi connectivity index (χ4n) is 2.48. The number of pyridine rings is 1. The predicted molar refractivity (Wildman–Crippen MR) is 81.9 cm³/mol. The van der Waals surface area contributed by atoms with Crippen LogP contribution < -0.4 is 5.73 Å². The van der Waals surface area contributed by atoms with E-state index in [1.165, 1.54) is 16.6 Å². The molecular weight excluding hydrogens is 294 g/mol.